The molecule has 1 heterocycles. The molecule has 27 heavy (non-hydrogen) atoms. The average molecular weight is 371 g/mol. The van der Waals surface area contributed by atoms with Gasteiger partial charge >= 0.3 is 6.09 Å². The number of ketones is 1. The average Bonchev–Trinajstić information content (AvgIpc) is 3.03. The molecule has 1 unspecified atom stereocenters. The molecule has 1 saturated heterocycles. The Labute approximate surface area is 157 Å². The van der Waals surface area contributed by atoms with Crippen LogP contribution in [-0.2, 0) is 9.53 Å². The van der Waals surface area contributed by atoms with Gasteiger partial charge in [0.1, 0.15) is 12.4 Å². The molecule has 1 aliphatic heterocycles. The number of halogens is 1. The van der Waals surface area contributed by atoms with Gasteiger partial charge in [-0.15, -0.1) is 0 Å². The van der Waals surface area contributed by atoms with Crippen LogP contribution < -0.4 is 0 Å². The lowest BCUT2D eigenvalue weighted by Crippen LogP contribution is -2.40. The molecule has 0 aromatic heterocycles. The van der Waals surface area contributed by atoms with E-state index in [-0.39, 0.29) is 37.2 Å². The molecule has 0 spiro atoms. The van der Waals surface area contributed by atoms with Crippen LogP contribution in [0.5, 0.6) is 0 Å². The maximum absolute atomic E-state index is 12.9. The van der Waals surface area contributed by atoms with Gasteiger partial charge in [-0.05, 0) is 48.6 Å². The van der Waals surface area contributed by atoms with Gasteiger partial charge in [0.25, 0.3) is 0 Å². The summed E-state index contributed by atoms with van der Waals surface area (Å²) in [6.07, 6.45) is 6.67. The van der Waals surface area contributed by atoms with E-state index in [1.165, 1.54) is 29.2 Å². The van der Waals surface area contributed by atoms with E-state index in [2.05, 4.69) is 13.0 Å². The first kappa shape index (κ1) is 19.0. The SMILES string of the molecule is CC1C=CC=C([C@H]2COC(=O)N2C(=O)CCCC(=O)c2ccc(F)cc2)C1. The number of carbonyl (C=O) groups excluding carboxylic acids is 3. The van der Waals surface area contributed by atoms with E-state index in [0.717, 1.165) is 12.0 Å². The van der Waals surface area contributed by atoms with Crippen molar-refractivity contribution in [2.24, 2.45) is 5.92 Å². The van der Waals surface area contributed by atoms with Gasteiger partial charge in [-0.25, -0.2) is 14.1 Å². The van der Waals surface area contributed by atoms with Gasteiger partial charge in [-0.3, -0.25) is 9.59 Å². The molecule has 2 atom stereocenters. The molecule has 1 aromatic rings. The van der Waals surface area contributed by atoms with Gasteiger partial charge in [0.05, 0.1) is 6.04 Å². The predicted octanol–water partition coefficient (Wildman–Crippen LogP) is 4.05. The standard InChI is InChI=1S/C21H22FNO4/c1-14-4-2-5-16(12-14)18-13-27-21(26)23(18)20(25)7-3-6-19(24)15-8-10-17(22)11-9-15/h2,4-5,8-11,14,18H,3,6-7,12-13H2,1H3/t14?,18-/m1/s1. The Hall–Kier alpha value is -2.76. The molecule has 0 N–H and O–H groups in total. The summed E-state index contributed by atoms with van der Waals surface area (Å²) < 4.78 is 18.0. The Kier molecular flexibility index (Phi) is 5.84. The fourth-order valence-corrected chi connectivity index (χ4v) is 3.39. The summed E-state index contributed by atoms with van der Waals surface area (Å²) in [6, 6.07) is 4.95. The Morgan fingerprint density at radius 2 is 1.96 bits per heavy atom. The molecule has 2 aliphatic rings. The fraction of sp³-hybridized carbons (Fsp3) is 0.381. The van der Waals surface area contributed by atoms with Gasteiger partial charge in [-0.2, -0.15) is 0 Å². The van der Waals surface area contributed by atoms with Gasteiger partial charge in [0.2, 0.25) is 5.91 Å². The second-order valence-corrected chi connectivity index (χ2v) is 6.95. The van der Waals surface area contributed by atoms with Crippen LogP contribution in [0.4, 0.5) is 9.18 Å². The van der Waals surface area contributed by atoms with Crippen LogP contribution in [0, 0.1) is 11.7 Å². The number of allylic oxidation sites excluding steroid dienone is 3. The maximum atomic E-state index is 12.9. The summed E-state index contributed by atoms with van der Waals surface area (Å²) in [5.41, 5.74) is 1.42. The molecule has 0 saturated carbocycles. The van der Waals surface area contributed by atoms with E-state index < -0.39 is 11.9 Å². The lowest BCUT2D eigenvalue weighted by molar-refractivity contribution is -0.128. The molecule has 2 amide bonds. The van der Waals surface area contributed by atoms with Crippen LogP contribution in [0.25, 0.3) is 0 Å². The van der Waals surface area contributed by atoms with E-state index in [1.807, 2.05) is 12.2 Å². The van der Waals surface area contributed by atoms with Crippen molar-refractivity contribution in [2.45, 2.75) is 38.6 Å². The molecule has 0 radical (unpaired) electrons. The van der Waals surface area contributed by atoms with Crippen molar-refractivity contribution in [3.8, 4) is 0 Å². The third-order valence-corrected chi connectivity index (χ3v) is 4.84. The van der Waals surface area contributed by atoms with E-state index in [1.54, 1.807) is 0 Å². The first-order chi connectivity index (χ1) is 13.0. The van der Waals surface area contributed by atoms with E-state index in [4.69, 9.17) is 4.74 Å². The van der Waals surface area contributed by atoms with Crippen LogP contribution in [-0.4, -0.2) is 35.3 Å². The summed E-state index contributed by atoms with van der Waals surface area (Å²) in [6.45, 7) is 2.25. The van der Waals surface area contributed by atoms with E-state index in [0.29, 0.717) is 17.9 Å². The zero-order valence-electron chi connectivity index (χ0n) is 15.2. The summed E-state index contributed by atoms with van der Waals surface area (Å²) in [7, 11) is 0. The Bertz CT molecular complexity index is 797. The first-order valence-corrected chi connectivity index (χ1v) is 9.10. The van der Waals surface area contributed by atoms with Crippen molar-refractivity contribution >= 4 is 17.8 Å². The van der Waals surface area contributed by atoms with Crippen molar-refractivity contribution in [3.05, 3.63) is 59.4 Å². The zero-order valence-corrected chi connectivity index (χ0v) is 15.2. The number of ether oxygens (including phenoxy) is 1. The van der Waals surface area contributed by atoms with Crippen LogP contribution >= 0.6 is 0 Å². The third kappa shape index (κ3) is 4.51. The number of Topliss-reactive ketones (excluding diaryl/α,β-unsaturated/α-hetero) is 1. The summed E-state index contributed by atoms with van der Waals surface area (Å²) >= 11 is 0. The van der Waals surface area contributed by atoms with E-state index in [9.17, 15) is 18.8 Å². The normalized spacial score (nSPS) is 21.8. The molecule has 1 fully saturated rings. The second-order valence-electron chi connectivity index (χ2n) is 6.95. The van der Waals surface area contributed by atoms with Gasteiger partial charge in [0.15, 0.2) is 5.78 Å². The summed E-state index contributed by atoms with van der Waals surface area (Å²) in [5.74, 6) is -0.540. The van der Waals surface area contributed by atoms with Gasteiger partial charge in [0, 0.05) is 18.4 Å². The molecule has 1 aliphatic carbocycles. The molecule has 0 bridgehead atoms. The maximum Gasteiger partial charge on any atom is 0.417 e. The molecule has 6 heteroatoms. The van der Waals surface area contributed by atoms with E-state index >= 15 is 0 Å². The van der Waals surface area contributed by atoms with Crippen molar-refractivity contribution in [1.82, 2.24) is 4.90 Å². The Morgan fingerprint density at radius 3 is 2.67 bits per heavy atom. The van der Waals surface area contributed by atoms with Crippen molar-refractivity contribution in [2.75, 3.05) is 6.61 Å². The quantitative estimate of drug-likeness (QED) is 0.708. The lowest BCUT2D eigenvalue weighted by Gasteiger charge is -2.25. The number of benzene rings is 1. The number of cyclic esters (lactones) is 1. The topological polar surface area (TPSA) is 63.7 Å². The minimum Gasteiger partial charge on any atom is -0.447 e. The predicted molar refractivity (Wildman–Crippen MR) is 97.6 cm³/mol. The fourth-order valence-electron chi connectivity index (χ4n) is 3.39. The highest BCUT2D eigenvalue weighted by Crippen LogP contribution is 2.28. The van der Waals surface area contributed by atoms with Crippen molar-refractivity contribution < 1.29 is 23.5 Å². The Balaban J connectivity index is 1.56. The number of imide groups is 1. The smallest absolute Gasteiger partial charge is 0.417 e. The van der Waals surface area contributed by atoms with Crippen molar-refractivity contribution in [3.63, 3.8) is 0 Å². The summed E-state index contributed by atoms with van der Waals surface area (Å²) in [5, 5.41) is 0. The molecule has 1 aromatic carbocycles. The molecule has 142 valence electrons. The number of rotatable bonds is 6. The number of hydrogen-bond acceptors (Lipinski definition) is 4. The Morgan fingerprint density at radius 1 is 1.22 bits per heavy atom. The largest absolute Gasteiger partial charge is 0.447 e. The minimum absolute atomic E-state index is 0.0806. The lowest BCUT2D eigenvalue weighted by atomic mass is 9.91. The van der Waals surface area contributed by atoms with Gasteiger partial charge in [-0.1, -0.05) is 25.2 Å². The third-order valence-electron chi connectivity index (χ3n) is 4.84. The monoisotopic (exact) mass is 371 g/mol. The van der Waals surface area contributed by atoms with Crippen LogP contribution in [0.3, 0.4) is 0 Å². The first-order valence-electron chi connectivity index (χ1n) is 9.10. The number of nitrogens with zero attached hydrogens (tertiary/aromatic N) is 1. The van der Waals surface area contributed by atoms with Crippen LogP contribution in [0.15, 0.2) is 48.1 Å². The highest BCUT2D eigenvalue weighted by Gasteiger charge is 2.39. The van der Waals surface area contributed by atoms with Gasteiger partial charge < -0.3 is 4.74 Å². The second kappa shape index (κ2) is 8.29. The minimum atomic E-state index is -0.627. The highest BCUT2D eigenvalue weighted by molar-refractivity contribution is 5.97. The van der Waals surface area contributed by atoms with Crippen molar-refractivity contribution in [1.29, 1.82) is 0 Å². The molecular weight excluding hydrogens is 349 g/mol. The molecule has 5 nitrogen and oxygen atoms in total. The number of amides is 2. The number of hydrogen-bond donors (Lipinski definition) is 0. The van der Waals surface area contributed by atoms with Crippen LogP contribution in [0.1, 0.15) is 43.0 Å². The highest BCUT2D eigenvalue weighted by atomic mass is 19.1. The molecule has 3 rings (SSSR count). The molecular formula is C21H22FNO4. The summed E-state index contributed by atoms with van der Waals surface area (Å²) in [4.78, 5) is 37.9. The zero-order chi connectivity index (χ0) is 19.4. The number of carbonyl (C=O) groups is 3. The van der Waals surface area contributed by atoms with Crippen LogP contribution in [0.2, 0.25) is 0 Å².